The van der Waals surface area contributed by atoms with Gasteiger partial charge in [-0.05, 0) is 51.0 Å². The number of benzene rings is 1. The van der Waals surface area contributed by atoms with E-state index in [4.69, 9.17) is 0 Å². The van der Waals surface area contributed by atoms with E-state index in [1.54, 1.807) is 5.56 Å². The van der Waals surface area contributed by atoms with E-state index in [2.05, 4.69) is 48.0 Å². The lowest BCUT2D eigenvalue weighted by atomic mass is 9.83. The van der Waals surface area contributed by atoms with Crippen molar-refractivity contribution in [3.63, 3.8) is 0 Å². The first-order chi connectivity index (χ1) is 7.15. The van der Waals surface area contributed by atoms with Gasteiger partial charge in [0.15, 0.2) is 0 Å². The van der Waals surface area contributed by atoms with E-state index in [0.717, 1.165) is 10.7 Å². The molecule has 0 bridgehead atoms. The first-order valence-corrected chi connectivity index (χ1v) is 6.79. The minimum atomic E-state index is 0.764. The van der Waals surface area contributed by atoms with Crippen molar-refractivity contribution >= 4 is 15.9 Å². The van der Waals surface area contributed by atoms with Crippen molar-refractivity contribution < 1.29 is 0 Å². The molecule has 0 heterocycles. The fourth-order valence-corrected chi connectivity index (χ4v) is 3.16. The smallest absolute Gasteiger partial charge is 0.0146 e. The summed E-state index contributed by atoms with van der Waals surface area (Å²) in [4.78, 5) is 0.764. The molecule has 1 aromatic rings. The second-order valence-electron chi connectivity index (χ2n) is 4.87. The molecule has 1 aliphatic carbocycles. The zero-order chi connectivity index (χ0) is 10.8. The van der Waals surface area contributed by atoms with Crippen LogP contribution in [0.1, 0.15) is 48.3 Å². The van der Waals surface area contributed by atoms with Crippen LogP contribution >= 0.6 is 15.9 Å². The highest BCUT2D eigenvalue weighted by atomic mass is 79.9. The molecule has 15 heavy (non-hydrogen) atoms. The molecule has 0 saturated heterocycles. The number of alkyl halides is 1. The van der Waals surface area contributed by atoms with Gasteiger partial charge >= 0.3 is 0 Å². The molecule has 0 atom stereocenters. The maximum atomic E-state index is 3.72. The molecule has 0 unspecified atom stereocenters. The molecule has 0 spiro atoms. The number of aryl methyl sites for hydroxylation is 2. The van der Waals surface area contributed by atoms with Crippen LogP contribution in [0.25, 0.3) is 0 Å². The highest BCUT2D eigenvalue weighted by molar-refractivity contribution is 9.09. The lowest BCUT2D eigenvalue weighted by Crippen LogP contribution is -2.12. The van der Waals surface area contributed by atoms with Crippen LogP contribution in [-0.4, -0.2) is 4.83 Å². The van der Waals surface area contributed by atoms with Crippen molar-refractivity contribution in [2.45, 2.75) is 50.3 Å². The van der Waals surface area contributed by atoms with E-state index in [-0.39, 0.29) is 0 Å². The molecular formula is C14H19Br. The van der Waals surface area contributed by atoms with Gasteiger partial charge in [0.25, 0.3) is 0 Å². The third-order valence-corrected chi connectivity index (χ3v) is 4.29. The number of halogens is 1. The third-order valence-electron chi connectivity index (χ3n) is 3.37. The molecule has 0 aliphatic heterocycles. The molecule has 82 valence electrons. The summed E-state index contributed by atoms with van der Waals surface area (Å²) < 4.78 is 0. The van der Waals surface area contributed by atoms with Gasteiger partial charge in [-0.15, -0.1) is 0 Å². The van der Waals surface area contributed by atoms with Crippen LogP contribution in [0.15, 0.2) is 18.2 Å². The van der Waals surface area contributed by atoms with Gasteiger partial charge in [-0.2, -0.15) is 0 Å². The van der Waals surface area contributed by atoms with Crippen molar-refractivity contribution in [3.05, 3.63) is 34.9 Å². The Bertz CT molecular complexity index is 315. The highest BCUT2D eigenvalue weighted by Gasteiger charge is 2.20. The topological polar surface area (TPSA) is 0 Å². The predicted octanol–water partition coefficient (Wildman–Crippen LogP) is 4.72. The van der Waals surface area contributed by atoms with Crippen LogP contribution in [-0.2, 0) is 0 Å². The summed E-state index contributed by atoms with van der Waals surface area (Å²) >= 11 is 3.72. The van der Waals surface area contributed by atoms with Gasteiger partial charge in [-0.3, -0.25) is 0 Å². The van der Waals surface area contributed by atoms with Gasteiger partial charge < -0.3 is 0 Å². The third kappa shape index (κ3) is 2.84. The lowest BCUT2D eigenvalue weighted by Gasteiger charge is -2.26. The fourth-order valence-electron chi connectivity index (χ4n) is 2.63. The standard InChI is InChI=1S/C14H19Br/c1-10-7-11(2)9-13(8-10)12-3-5-14(15)6-4-12/h7-9,12,14H,3-6H2,1-2H3. The molecule has 1 heteroatoms. The number of hydrogen-bond acceptors (Lipinski definition) is 0. The molecule has 2 rings (SSSR count). The van der Waals surface area contributed by atoms with Crippen molar-refractivity contribution in [1.29, 1.82) is 0 Å². The molecule has 0 nitrogen and oxygen atoms in total. The van der Waals surface area contributed by atoms with Gasteiger partial charge in [0, 0.05) is 4.83 Å². The van der Waals surface area contributed by atoms with E-state index in [0.29, 0.717) is 0 Å². The highest BCUT2D eigenvalue weighted by Crippen LogP contribution is 2.36. The van der Waals surface area contributed by atoms with Gasteiger partial charge in [-0.1, -0.05) is 45.3 Å². The van der Waals surface area contributed by atoms with Gasteiger partial charge in [-0.25, -0.2) is 0 Å². The second-order valence-corrected chi connectivity index (χ2v) is 6.16. The maximum Gasteiger partial charge on any atom is 0.0146 e. The summed E-state index contributed by atoms with van der Waals surface area (Å²) in [5.41, 5.74) is 4.38. The molecule has 0 aromatic heterocycles. The van der Waals surface area contributed by atoms with E-state index < -0.39 is 0 Å². The summed E-state index contributed by atoms with van der Waals surface area (Å²) in [5, 5.41) is 0. The average Bonchev–Trinajstić information content (AvgIpc) is 2.17. The summed E-state index contributed by atoms with van der Waals surface area (Å²) in [5.74, 6) is 0.803. The summed E-state index contributed by atoms with van der Waals surface area (Å²) in [6.07, 6.45) is 5.35. The van der Waals surface area contributed by atoms with Crippen LogP contribution in [0.3, 0.4) is 0 Å². The number of rotatable bonds is 1. The molecule has 1 aromatic carbocycles. The Morgan fingerprint density at radius 2 is 1.47 bits per heavy atom. The quantitative estimate of drug-likeness (QED) is 0.645. The summed E-state index contributed by atoms with van der Waals surface area (Å²) in [7, 11) is 0. The maximum absolute atomic E-state index is 3.72. The Balaban J connectivity index is 2.15. The number of hydrogen-bond donors (Lipinski definition) is 0. The molecule has 1 fully saturated rings. The van der Waals surface area contributed by atoms with Gasteiger partial charge in [0.1, 0.15) is 0 Å². The van der Waals surface area contributed by atoms with Crippen molar-refractivity contribution in [2.75, 3.05) is 0 Å². The van der Waals surface area contributed by atoms with Crippen LogP contribution < -0.4 is 0 Å². The second kappa shape index (κ2) is 4.69. The average molecular weight is 267 g/mol. The SMILES string of the molecule is Cc1cc(C)cc(C2CCC(Br)CC2)c1. The lowest BCUT2D eigenvalue weighted by molar-refractivity contribution is 0.457. The normalized spacial score (nSPS) is 26.6. The van der Waals surface area contributed by atoms with Crippen LogP contribution in [0.5, 0.6) is 0 Å². The first kappa shape index (κ1) is 11.2. The molecule has 0 N–H and O–H groups in total. The van der Waals surface area contributed by atoms with Crippen molar-refractivity contribution in [3.8, 4) is 0 Å². The van der Waals surface area contributed by atoms with E-state index in [1.165, 1.54) is 36.8 Å². The first-order valence-electron chi connectivity index (χ1n) is 5.87. The van der Waals surface area contributed by atoms with Crippen LogP contribution in [0.4, 0.5) is 0 Å². The molecule has 0 radical (unpaired) electrons. The fraction of sp³-hybridized carbons (Fsp3) is 0.571. The minimum Gasteiger partial charge on any atom is -0.0891 e. The Kier molecular flexibility index (Phi) is 3.50. The molecule has 1 saturated carbocycles. The molecule has 0 amide bonds. The van der Waals surface area contributed by atoms with Gasteiger partial charge in [0.2, 0.25) is 0 Å². The van der Waals surface area contributed by atoms with E-state index in [1.807, 2.05) is 0 Å². The Morgan fingerprint density at radius 3 is 2.00 bits per heavy atom. The molecule has 1 aliphatic rings. The van der Waals surface area contributed by atoms with E-state index >= 15 is 0 Å². The summed E-state index contributed by atoms with van der Waals surface area (Å²) in [6, 6.07) is 7.00. The predicted molar refractivity (Wildman–Crippen MR) is 69.8 cm³/mol. The Morgan fingerprint density at radius 1 is 0.933 bits per heavy atom. The zero-order valence-electron chi connectivity index (χ0n) is 9.59. The Hall–Kier alpha value is -0.300. The van der Waals surface area contributed by atoms with Gasteiger partial charge in [0.05, 0.1) is 0 Å². The van der Waals surface area contributed by atoms with Crippen molar-refractivity contribution in [2.24, 2.45) is 0 Å². The Labute approximate surface area is 101 Å². The monoisotopic (exact) mass is 266 g/mol. The zero-order valence-corrected chi connectivity index (χ0v) is 11.2. The van der Waals surface area contributed by atoms with E-state index in [9.17, 15) is 0 Å². The van der Waals surface area contributed by atoms with Crippen molar-refractivity contribution in [1.82, 2.24) is 0 Å². The van der Waals surface area contributed by atoms with Crippen LogP contribution in [0, 0.1) is 13.8 Å². The summed E-state index contributed by atoms with van der Waals surface area (Å²) in [6.45, 7) is 4.40. The van der Waals surface area contributed by atoms with Crippen LogP contribution in [0.2, 0.25) is 0 Å². The molecular weight excluding hydrogens is 248 g/mol. The largest absolute Gasteiger partial charge is 0.0891 e. The minimum absolute atomic E-state index is 0.764.